The minimum absolute atomic E-state index is 0.204. The van der Waals surface area contributed by atoms with Crippen LogP contribution in [-0.4, -0.2) is 215 Å². The summed E-state index contributed by atoms with van der Waals surface area (Å²) in [5, 5.41) is 135. The molecule has 18 atom stereocenters. The summed E-state index contributed by atoms with van der Waals surface area (Å²) in [5.74, 6) is -6.14. The zero-order chi connectivity index (χ0) is 61.2. The smallest absolute Gasteiger partial charge is 0.364 e. The van der Waals surface area contributed by atoms with Gasteiger partial charge in [-0.2, -0.15) is 0 Å². The molecule has 0 spiro atoms. The molecule has 0 bridgehead atoms. The van der Waals surface area contributed by atoms with E-state index in [4.69, 9.17) is 28.4 Å². The Labute approximate surface area is 492 Å². The minimum atomic E-state index is -3.08. The fraction of sp³-hybridized carbons (Fsp3) is 0.917. The van der Waals surface area contributed by atoms with Gasteiger partial charge in [0.15, 0.2) is 12.6 Å². The van der Waals surface area contributed by atoms with E-state index in [0.29, 0.717) is 12.8 Å². The molecule has 3 aliphatic rings. The van der Waals surface area contributed by atoms with Crippen molar-refractivity contribution in [3.63, 3.8) is 0 Å². The number of rotatable bonds is 46. The van der Waals surface area contributed by atoms with Crippen LogP contribution in [0.15, 0.2) is 12.2 Å². The molecule has 83 heavy (non-hydrogen) atoms. The number of hydrogen-bond acceptors (Lipinski definition) is 20. The van der Waals surface area contributed by atoms with Gasteiger partial charge >= 0.3 is 5.97 Å². The summed E-state index contributed by atoms with van der Waals surface area (Å²) in [7, 11) is 0. The van der Waals surface area contributed by atoms with Crippen molar-refractivity contribution in [2.75, 3.05) is 26.4 Å². The molecule has 23 nitrogen and oxygen atoms in total. The monoisotopic (exact) mass is 1190 g/mol. The van der Waals surface area contributed by atoms with Crippen LogP contribution in [0.4, 0.5) is 0 Å². The molecule has 3 aliphatic heterocycles. The summed E-state index contributed by atoms with van der Waals surface area (Å²) in [6, 6.07) is -2.61. The van der Waals surface area contributed by atoms with Crippen LogP contribution in [0.25, 0.3) is 0 Å². The fourth-order valence-electron chi connectivity index (χ4n) is 11.1. The van der Waals surface area contributed by atoms with Crippen LogP contribution in [0, 0.1) is 0 Å². The average molecular weight is 1200 g/mol. The second kappa shape index (κ2) is 42.4. The van der Waals surface area contributed by atoms with Crippen LogP contribution >= 0.6 is 0 Å². The van der Waals surface area contributed by atoms with Crippen molar-refractivity contribution in [1.82, 2.24) is 10.6 Å². The number of aliphatic carboxylic acids is 1. The van der Waals surface area contributed by atoms with Crippen molar-refractivity contribution in [3.05, 3.63) is 12.2 Å². The van der Waals surface area contributed by atoms with E-state index >= 15 is 0 Å². The molecule has 0 aromatic rings. The summed E-state index contributed by atoms with van der Waals surface area (Å²) >= 11 is 0. The van der Waals surface area contributed by atoms with Gasteiger partial charge in [0, 0.05) is 19.8 Å². The van der Waals surface area contributed by atoms with Crippen LogP contribution < -0.4 is 10.6 Å². The molecule has 3 fully saturated rings. The number of unbranched alkanes of at least 4 members (excludes halogenated alkanes) is 26. The molecule has 0 radical (unpaired) electrons. The first-order chi connectivity index (χ1) is 39.9. The van der Waals surface area contributed by atoms with E-state index in [1.807, 2.05) is 6.08 Å². The van der Waals surface area contributed by atoms with E-state index < -0.39 is 155 Å². The number of nitrogens with one attached hydrogen (secondary N) is 2. The molecule has 0 aliphatic carbocycles. The second-order valence-electron chi connectivity index (χ2n) is 23.3. The fourth-order valence-corrected chi connectivity index (χ4v) is 11.1. The zero-order valence-electron chi connectivity index (χ0n) is 50.1. The van der Waals surface area contributed by atoms with Crippen molar-refractivity contribution in [2.45, 2.75) is 323 Å². The molecule has 23 heteroatoms. The van der Waals surface area contributed by atoms with E-state index in [-0.39, 0.29) is 12.3 Å². The predicted molar refractivity (Wildman–Crippen MR) is 306 cm³/mol. The number of hydrogen-bond donors (Lipinski definition) is 14. The highest BCUT2D eigenvalue weighted by molar-refractivity contribution is 5.77. The Morgan fingerprint density at radius 1 is 0.627 bits per heavy atom. The Bertz CT molecular complexity index is 1750. The van der Waals surface area contributed by atoms with E-state index in [9.17, 15) is 75.7 Å². The first-order valence-electron chi connectivity index (χ1n) is 31.6. The Balaban J connectivity index is 1.65. The molecule has 3 rings (SSSR count). The van der Waals surface area contributed by atoms with Gasteiger partial charge in [0.2, 0.25) is 11.8 Å². The topological polar surface area (TPSA) is 373 Å². The lowest BCUT2D eigenvalue weighted by Crippen LogP contribution is -2.70. The van der Waals surface area contributed by atoms with Gasteiger partial charge in [-0.25, -0.2) is 4.79 Å². The van der Waals surface area contributed by atoms with Gasteiger partial charge in [-0.3, -0.25) is 9.59 Å². The number of amides is 2. The molecule has 18 unspecified atom stereocenters. The van der Waals surface area contributed by atoms with E-state index in [2.05, 4.69) is 24.5 Å². The highest BCUT2D eigenvalue weighted by Crippen LogP contribution is 2.38. The van der Waals surface area contributed by atoms with Gasteiger partial charge in [-0.15, -0.1) is 0 Å². The van der Waals surface area contributed by atoms with Crippen LogP contribution in [0.1, 0.15) is 213 Å². The average Bonchev–Trinajstić information content (AvgIpc) is 2.78. The highest BCUT2D eigenvalue weighted by atomic mass is 16.8. The molecule has 0 saturated carbocycles. The quantitative estimate of drug-likeness (QED) is 0.0306. The number of carboxylic acids is 1. The Morgan fingerprint density at radius 2 is 1.12 bits per heavy atom. The number of aliphatic hydroxyl groups is 11. The number of ether oxygens (including phenoxy) is 6. The summed E-state index contributed by atoms with van der Waals surface area (Å²) in [6.45, 7) is 2.11. The predicted octanol–water partition coefficient (Wildman–Crippen LogP) is 3.56. The number of carbonyl (C=O) groups excluding carboxylic acids is 2. The lowest BCUT2D eigenvalue weighted by atomic mass is 9.88. The summed E-state index contributed by atoms with van der Waals surface area (Å²) < 4.78 is 34.7. The second-order valence-corrected chi connectivity index (χ2v) is 23.3. The number of aliphatic hydroxyl groups excluding tert-OH is 11. The van der Waals surface area contributed by atoms with Gasteiger partial charge in [0.25, 0.3) is 5.79 Å². The third-order valence-corrected chi connectivity index (χ3v) is 16.2. The molecule has 0 aromatic heterocycles. The third-order valence-electron chi connectivity index (χ3n) is 16.2. The molecule has 3 heterocycles. The van der Waals surface area contributed by atoms with Crippen LogP contribution in [0.3, 0.4) is 0 Å². The molecule has 14 N–H and O–H groups in total. The maximum Gasteiger partial charge on any atom is 0.364 e. The third kappa shape index (κ3) is 26.4. The zero-order valence-corrected chi connectivity index (χ0v) is 50.1. The first kappa shape index (κ1) is 74.7. The molecular formula is C60H110N2O21. The maximum absolute atomic E-state index is 13.4. The van der Waals surface area contributed by atoms with Crippen molar-refractivity contribution in [2.24, 2.45) is 0 Å². The van der Waals surface area contributed by atoms with Crippen molar-refractivity contribution in [1.29, 1.82) is 0 Å². The lowest BCUT2D eigenvalue weighted by molar-refractivity contribution is -0.386. The summed E-state index contributed by atoms with van der Waals surface area (Å²) in [5.41, 5.74) is 0. The Hall–Kier alpha value is -2.53. The minimum Gasteiger partial charge on any atom is -0.477 e. The Morgan fingerprint density at radius 3 is 1.60 bits per heavy atom. The van der Waals surface area contributed by atoms with E-state index in [0.717, 1.165) is 51.9 Å². The lowest BCUT2D eigenvalue weighted by Gasteiger charge is -2.50. The van der Waals surface area contributed by atoms with Gasteiger partial charge < -0.3 is 100 Å². The van der Waals surface area contributed by atoms with Crippen molar-refractivity contribution >= 4 is 17.8 Å². The normalized spacial score (nSPS) is 30.0. The Kier molecular flexibility index (Phi) is 38.1. The van der Waals surface area contributed by atoms with Gasteiger partial charge in [0.1, 0.15) is 67.1 Å². The van der Waals surface area contributed by atoms with Crippen LogP contribution in [-0.2, 0) is 42.8 Å². The molecule has 486 valence electrons. The highest BCUT2D eigenvalue weighted by Gasteiger charge is 2.60. The molecule has 0 aromatic carbocycles. The molecular weight excluding hydrogens is 1080 g/mol. The van der Waals surface area contributed by atoms with E-state index in [1.165, 1.54) is 122 Å². The number of carboxylic acid groups (broad SMARTS) is 1. The summed E-state index contributed by atoms with van der Waals surface area (Å²) in [6.07, 6.45) is 7.00. The van der Waals surface area contributed by atoms with Crippen LogP contribution in [0.2, 0.25) is 0 Å². The molecule has 3 saturated heterocycles. The number of allylic oxidation sites excluding steroid dienone is 1. The molecule has 2 amide bonds. The largest absolute Gasteiger partial charge is 0.477 e. The van der Waals surface area contributed by atoms with Crippen molar-refractivity contribution in [3.8, 4) is 0 Å². The van der Waals surface area contributed by atoms with E-state index in [1.54, 1.807) is 6.08 Å². The van der Waals surface area contributed by atoms with Gasteiger partial charge in [0.05, 0.1) is 50.7 Å². The maximum atomic E-state index is 13.4. The summed E-state index contributed by atoms with van der Waals surface area (Å²) in [4.78, 5) is 38.4. The standard InChI is InChI=1S/C60H110N2O21/c1-4-6-8-10-12-14-16-18-19-20-22-24-26-28-30-32-34-47(70)62-41(42(67)33-31-29-27-25-23-21-17-15-13-11-9-7-5-2)39-78-57-52(74)51(73)54(46(38-65)80-57)81-58-53(75)56(50(72)45(37-64)79-58)83-60(59(76)77)35-43(68)48(61-40(3)66)55(82-60)49(71)44(69)36-63/h31,33,41-46,48-58,63-65,67-69,71-75H,4-30,32,34-39H2,1-3H3,(H,61,66)(H,62,70)(H,76,77)/b33-31+. The SMILES string of the molecule is CCCCCCCCCCCCC/C=C/C(O)C(COC1OC(CO)C(OC2OC(CO)C(O)C(OC3(C(=O)O)CC(O)C(NC(C)=O)C(C(O)C(O)CO)O3)C2O)C(O)C1O)NC(=O)CCCCCCCCCCCCCCCCCC. The van der Waals surface area contributed by atoms with Crippen LogP contribution in [0.5, 0.6) is 0 Å². The first-order valence-corrected chi connectivity index (χ1v) is 31.6. The van der Waals surface area contributed by atoms with Gasteiger partial charge in [-0.05, 0) is 19.3 Å². The van der Waals surface area contributed by atoms with Crippen molar-refractivity contribution < 1.29 is 104 Å². The van der Waals surface area contributed by atoms with Gasteiger partial charge in [-0.1, -0.05) is 187 Å². The number of carbonyl (C=O) groups is 3.